The smallest absolute Gasteiger partial charge is 0.156 e. The van der Waals surface area contributed by atoms with Crippen molar-refractivity contribution in [3.63, 3.8) is 0 Å². The van der Waals surface area contributed by atoms with E-state index >= 15 is 0 Å². The summed E-state index contributed by atoms with van der Waals surface area (Å²) in [6, 6.07) is 0. The topological polar surface area (TPSA) is 80.9 Å². The van der Waals surface area contributed by atoms with Crippen molar-refractivity contribution in [3.05, 3.63) is 0 Å². The summed E-state index contributed by atoms with van der Waals surface area (Å²) < 4.78 is 0. The molecule has 0 aromatic rings. The highest BCUT2D eigenvalue weighted by Gasteiger charge is 2.13. The van der Waals surface area contributed by atoms with Gasteiger partial charge in [0.15, 0.2) is 6.29 Å². The highest BCUT2D eigenvalue weighted by Crippen LogP contribution is 2.04. The van der Waals surface area contributed by atoms with Gasteiger partial charge in [0.1, 0.15) is 0 Å². The lowest BCUT2D eigenvalue weighted by Crippen LogP contribution is -2.23. The van der Waals surface area contributed by atoms with E-state index in [0.717, 1.165) is 0 Å². The zero-order valence-electron chi connectivity index (χ0n) is 5.06. The third kappa shape index (κ3) is 3.42. The Labute approximate surface area is 53.4 Å². The van der Waals surface area contributed by atoms with Gasteiger partial charge in [-0.1, -0.05) is 0 Å². The first-order chi connectivity index (χ1) is 4.22. The van der Waals surface area contributed by atoms with Crippen LogP contribution < -0.4 is 0 Å². The molecule has 4 nitrogen and oxygen atoms in total. The number of rotatable bonds is 4. The molecule has 0 aliphatic heterocycles. The second-order valence-electron chi connectivity index (χ2n) is 1.87. The molecule has 0 heterocycles. The predicted molar refractivity (Wildman–Crippen MR) is 30.5 cm³/mol. The van der Waals surface area contributed by atoms with Crippen molar-refractivity contribution in [1.82, 2.24) is 0 Å². The minimum absolute atomic E-state index is 0.136. The van der Waals surface area contributed by atoms with E-state index in [2.05, 4.69) is 0 Å². The second kappa shape index (κ2) is 4.69. The van der Waals surface area contributed by atoms with E-state index in [4.69, 9.17) is 20.4 Å². The minimum Gasteiger partial charge on any atom is -0.396 e. The molecule has 0 aromatic heterocycles. The molecule has 0 saturated heterocycles. The fourth-order valence-corrected chi connectivity index (χ4v) is 0.500. The first kappa shape index (κ1) is 8.84. The van der Waals surface area contributed by atoms with Crippen LogP contribution in [0.5, 0.6) is 0 Å². The minimum atomic E-state index is -1.53. The van der Waals surface area contributed by atoms with Crippen molar-refractivity contribution in [2.75, 3.05) is 13.2 Å². The standard InChI is InChI=1S/C5H12O4/c6-2-1-4(3-7)5(8)9/h4-9H,1-3H2. The van der Waals surface area contributed by atoms with Crippen LogP contribution in [0, 0.1) is 5.92 Å². The highest BCUT2D eigenvalue weighted by molar-refractivity contribution is 4.57. The Morgan fingerprint density at radius 3 is 1.78 bits per heavy atom. The van der Waals surface area contributed by atoms with Crippen molar-refractivity contribution >= 4 is 0 Å². The molecule has 0 spiro atoms. The molecule has 0 fully saturated rings. The van der Waals surface area contributed by atoms with Gasteiger partial charge in [-0.2, -0.15) is 0 Å². The van der Waals surface area contributed by atoms with Gasteiger partial charge in [-0.3, -0.25) is 0 Å². The molecule has 0 aromatic carbocycles. The third-order valence-corrected chi connectivity index (χ3v) is 1.16. The summed E-state index contributed by atoms with van der Waals surface area (Å²) in [4.78, 5) is 0. The molecular weight excluding hydrogens is 124 g/mol. The van der Waals surface area contributed by atoms with Crippen molar-refractivity contribution in [3.8, 4) is 0 Å². The van der Waals surface area contributed by atoms with Gasteiger partial charge in [-0.05, 0) is 6.42 Å². The molecule has 1 unspecified atom stereocenters. The van der Waals surface area contributed by atoms with Crippen LogP contribution in [-0.4, -0.2) is 39.9 Å². The number of hydrogen-bond acceptors (Lipinski definition) is 4. The predicted octanol–water partition coefficient (Wildman–Crippen LogP) is -1.71. The zero-order chi connectivity index (χ0) is 7.28. The number of hydrogen-bond donors (Lipinski definition) is 4. The molecule has 56 valence electrons. The van der Waals surface area contributed by atoms with E-state index in [1.807, 2.05) is 0 Å². The summed E-state index contributed by atoms with van der Waals surface area (Å²) in [5.74, 6) is -0.616. The maximum absolute atomic E-state index is 8.43. The van der Waals surface area contributed by atoms with Crippen LogP contribution in [0.1, 0.15) is 6.42 Å². The van der Waals surface area contributed by atoms with Crippen LogP contribution in [0.4, 0.5) is 0 Å². The lowest BCUT2D eigenvalue weighted by molar-refractivity contribution is -0.101. The van der Waals surface area contributed by atoms with E-state index in [-0.39, 0.29) is 19.6 Å². The Morgan fingerprint density at radius 1 is 1.11 bits per heavy atom. The van der Waals surface area contributed by atoms with Crippen LogP contribution in [-0.2, 0) is 0 Å². The average Bonchev–Trinajstić information content (AvgIpc) is 1.82. The van der Waals surface area contributed by atoms with Crippen LogP contribution in [0.15, 0.2) is 0 Å². The lowest BCUT2D eigenvalue weighted by Gasteiger charge is -2.13. The SMILES string of the molecule is OCCC(CO)C(O)O. The number of aliphatic hydroxyl groups is 4. The molecule has 0 aliphatic carbocycles. The molecule has 4 heteroatoms. The summed E-state index contributed by atoms with van der Waals surface area (Å²) in [6.45, 7) is -0.443. The summed E-state index contributed by atoms with van der Waals surface area (Å²) in [7, 11) is 0. The fraction of sp³-hybridized carbons (Fsp3) is 1.00. The van der Waals surface area contributed by atoms with Gasteiger partial charge in [0, 0.05) is 12.5 Å². The van der Waals surface area contributed by atoms with Crippen molar-refractivity contribution in [1.29, 1.82) is 0 Å². The lowest BCUT2D eigenvalue weighted by atomic mass is 10.1. The second-order valence-corrected chi connectivity index (χ2v) is 1.87. The summed E-state index contributed by atoms with van der Waals surface area (Å²) in [6.07, 6.45) is -1.31. The van der Waals surface area contributed by atoms with Crippen LogP contribution in [0.3, 0.4) is 0 Å². The first-order valence-corrected chi connectivity index (χ1v) is 2.80. The van der Waals surface area contributed by atoms with Crippen molar-refractivity contribution in [2.45, 2.75) is 12.7 Å². The van der Waals surface area contributed by atoms with Gasteiger partial charge in [-0.15, -0.1) is 0 Å². The molecule has 0 radical (unpaired) electrons. The Morgan fingerprint density at radius 2 is 1.67 bits per heavy atom. The van der Waals surface area contributed by atoms with Gasteiger partial charge in [-0.25, -0.2) is 0 Å². The molecule has 0 saturated carbocycles. The summed E-state index contributed by atoms with van der Waals surface area (Å²) >= 11 is 0. The maximum atomic E-state index is 8.43. The van der Waals surface area contributed by atoms with Crippen LogP contribution in [0.2, 0.25) is 0 Å². The van der Waals surface area contributed by atoms with E-state index in [1.54, 1.807) is 0 Å². The van der Waals surface area contributed by atoms with Crippen LogP contribution in [0.25, 0.3) is 0 Å². The van der Waals surface area contributed by atoms with Gasteiger partial charge in [0.05, 0.1) is 6.61 Å². The monoisotopic (exact) mass is 136 g/mol. The molecule has 0 rings (SSSR count). The first-order valence-electron chi connectivity index (χ1n) is 2.80. The van der Waals surface area contributed by atoms with Gasteiger partial charge < -0.3 is 20.4 Å². The molecule has 0 aliphatic rings. The van der Waals surface area contributed by atoms with Crippen molar-refractivity contribution in [2.24, 2.45) is 5.92 Å². The van der Waals surface area contributed by atoms with Gasteiger partial charge in [0.25, 0.3) is 0 Å². The van der Waals surface area contributed by atoms with E-state index in [0.29, 0.717) is 0 Å². The van der Waals surface area contributed by atoms with Crippen molar-refractivity contribution < 1.29 is 20.4 Å². The molecule has 0 amide bonds. The molecule has 0 bridgehead atoms. The fourth-order valence-electron chi connectivity index (χ4n) is 0.500. The Balaban J connectivity index is 3.41. The van der Waals surface area contributed by atoms with E-state index < -0.39 is 12.2 Å². The molecule has 9 heavy (non-hydrogen) atoms. The Kier molecular flexibility index (Phi) is 4.61. The largest absolute Gasteiger partial charge is 0.396 e. The average molecular weight is 136 g/mol. The number of aliphatic hydroxyl groups excluding tert-OH is 3. The summed E-state index contributed by atoms with van der Waals surface area (Å²) in [5.41, 5.74) is 0. The van der Waals surface area contributed by atoms with E-state index in [9.17, 15) is 0 Å². The molecular formula is C5H12O4. The van der Waals surface area contributed by atoms with Crippen LogP contribution >= 0.6 is 0 Å². The van der Waals surface area contributed by atoms with Gasteiger partial charge in [0.2, 0.25) is 0 Å². The molecule has 1 atom stereocenters. The van der Waals surface area contributed by atoms with Gasteiger partial charge >= 0.3 is 0 Å². The summed E-state index contributed by atoms with van der Waals surface area (Å²) in [5, 5.41) is 33.5. The zero-order valence-corrected chi connectivity index (χ0v) is 5.06. The Hall–Kier alpha value is -0.160. The van der Waals surface area contributed by atoms with E-state index in [1.165, 1.54) is 0 Å². The Bertz CT molecular complexity index is 64.0. The normalized spacial score (nSPS) is 14.3. The highest BCUT2D eigenvalue weighted by atomic mass is 16.5. The maximum Gasteiger partial charge on any atom is 0.156 e. The quantitative estimate of drug-likeness (QED) is 0.347. The molecule has 4 N–H and O–H groups in total. The third-order valence-electron chi connectivity index (χ3n) is 1.16.